The zero-order valence-electron chi connectivity index (χ0n) is 14.0. The molecule has 0 radical (unpaired) electrons. The Balaban J connectivity index is 1.50. The van der Waals surface area contributed by atoms with E-state index in [4.69, 9.17) is 13.9 Å². The average molecular weight is 345 g/mol. The van der Waals surface area contributed by atoms with Gasteiger partial charge in [-0.15, -0.1) is 0 Å². The van der Waals surface area contributed by atoms with Crippen LogP contribution in [0.3, 0.4) is 0 Å². The molecule has 0 saturated carbocycles. The molecule has 26 heavy (non-hydrogen) atoms. The lowest BCUT2D eigenvalue weighted by molar-refractivity contribution is 0.0735. The fraction of sp³-hybridized carbons (Fsp3) is 0.0476. The Bertz CT molecular complexity index is 1020. The summed E-state index contributed by atoms with van der Waals surface area (Å²) in [5.41, 5.74) is 2.80. The van der Waals surface area contributed by atoms with Crippen molar-refractivity contribution in [2.75, 3.05) is 7.11 Å². The molecule has 0 aliphatic rings. The Kier molecular flexibility index (Phi) is 4.11. The molecule has 0 spiro atoms. The highest BCUT2D eigenvalue weighted by Crippen LogP contribution is 2.26. The summed E-state index contributed by atoms with van der Waals surface area (Å²) in [4.78, 5) is 16.6. The van der Waals surface area contributed by atoms with Gasteiger partial charge in [-0.25, -0.2) is 9.78 Å². The molecule has 0 aliphatic heterocycles. The first-order valence-corrected chi connectivity index (χ1v) is 8.05. The number of esters is 1. The van der Waals surface area contributed by atoms with Crippen molar-refractivity contribution in [2.45, 2.75) is 0 Å². The number of aromatic nitrogens is 1. The van der Waals surface area contributed by atoms with Gasteiger partial charge in [0, 0.05) is 5.56 Å². The maximum atomic E-state index is 12.2. The van der Waals surface area contributed by atoms with E-state index < -0.39 is 5.97 Å². The normalized spacial score (nSPS) is 10.7. The molecule has 0 N–H and O–H groups in total. The lowest BCUT2D eigenvalue weighted by Gasteiger charge is -2.05. The molecule has 128 valence electrons. The zero-order valence-corrected chi connectivity index (χ0v) is 14.0. The fourth-order valence-corrected chi connectivity index (χ4v) is 2.55. The number of carbonyl (C=O) groups is 1. The molecule has 1 aromatic heterocycles. The minimum atomic E-state index is -0.428. The number of carbonyl (C=O) groups excluding carboxylic acids is 1. The van der Waals surface area contributed by atoms with Gasteiger partial charge in [0.25, 0.3) is 0 Å². The van der Waals surface area contributed by atoms with Crippen LogP contribution in [0.2, 0.25) is 0 Å². The molecular formula is C21H15NO4. The van der Waals surface area contributed by atoms with E-state index in [1.807, 2.05) is 24.3 Å². The van der Waals surface area contributed by atoms with Crippen molar-refractivity contribution < 1.29 is 18.7 Å². The van der Waals surface area contributed by atoms with Crippen LogP contribution in [0.5, 0.6) is 11.5 Å². The van der Waals surface area contributed by atoms with Crippen LogP contribution >= 0.6 is 0 Å². The SMILES string of the molecule is COc1ccc(C(=O)Oc2ccc(-c3nc4ccccc4o3)cc2)cc1. The maximum Gasteiger partial charge on any atom is 0.343 e. The lowest BCUT2D eigenvalue weighted by Crippen LogP contribution is -2.08. The van der Waals surface area contributed by atoms with Crippen molar-refractivity contribution in [3.63, 3.8) is 0 Å². The lowest BCUT2D eigenvalue weighted by atomic mass is 10.2. The minimum absolute atomic E-state index is 0.428. The van der Waals surface area contributed by atoms with Crippen LogP contribution in [0.15, 0.2) is 77.2 Å². The van der Waals surface area contributed by atoms with E-state index in [0.717, 1.165) is 16.7 Å². The number of hydrogen-bond donors (Lipinski definition) is 0. The number of hydrogen-bond acceptors (Lipinski definition) is 5. The summed E-state index contributed by atoms with van der Waals surface area (Å²) >= 11 is 0. The zero-order chi connectivity index (χ0) is 17.9. The van der Waals surface area contributed by atoms with Gasteiger partial charge in [-0.2, -0.15) is 0 Å². The van der Waals surface area contributed by atoms with Gasteiger partial charge < -0.3 is 13.9 Å². The summed E-state index contributed by atoms with van der Waals surface area (Å²) in [6, 6.07) is 21.4. The summed E-state index contributed by atoms with van der Waals surface area (Å²) < 4.78 is 16.2. The fourth-order valence-electron chi connectivity index (χ4n) is 2.55. The summed E-state index contributed by atoms with van der Waals surface area (Å²) in [7, 11) is 1.58. The molecule has 0 saturated heterocycles. The van der Waals surface area contributed by atoms with Gasteiger partial charge in [0.2, 0.25) is 5.89 Å². The molecule has 0 unspecified atom stereocenters. The molecule has 0 atom stereocenters. The van der Waals surface area contributed by atoms with Crippen LogP contribution in [0, 0.1) is 0 Å². The molecule has 0 bridgehead atoms. The predicted molar refractivity (Wildman–Crippen MR) is 97.4 cm³/mol. The third kappa shape index (κ3) is 3.15. The highest BCUT2D eigenvalue weighted by Gasteiger charge is 2.11. The van der Waals surface area contributed by atoms with Crippen LogP contribution in [0.4, 0.5) is 0 Å². The molecule has 0 fully saturated rings. The van der Waals surface area contributed by atoms with E-state index in [0.29, 0.717) is 23.0 Å². The Morgan fingerprint density at radius 1 is 0.885 bits per heavy atom. The number of nitrogens with zero attached hydrogens (tertiary/aromatic N) is 1. The van der Waals surface area contributed by atoms with E-state index >= 15 is 0 Å². The van der Waals surface area contributed by atoms with Crippen molar-refractivity contribution in [1.82, 2.24) is 4.98 Å². The highest BCUT2D eigenvalue weighted by molar-refractivity contribution is 5.91. The van der Waals surface area contributed by atoms with Gasteiger partial charge in [0.15, 0.2) is 5.58 Å². The largest absolute Gasteiger partial charge is 0.497 e. The van der Waals surface area contributed by atoms with Gasteiger partial charge in [0.05, 0.1) is 12.7 Å². The smallest absolute Gasteiger partial charge is 0.343 e. The topological polar surface area (TPSA) is 61.6 Å². The van der Waals surface area contributed by atoms with E-state index in [1.165, 1.54) is 0 Å². The molecule has 5 nitrogen and oxygen atoms in total. The summed E-state index contributed by atoms with van der Waals surface area (Å²) in [5.74, 6) is 1.23. The van der Waals surface area contributed by atoms with Crippen LogP contribution in [-0.4, -0.2) is 18.1 Å². The van der Waals surface area contributed by atoms with E-state index in [-0.39, 0.29) is 0 Å². The van der Waals surface area contributed by atoms with Crippen molar-refractivity contribution >= 4 is 17.1 Å². The highest BCUT2D eigenvalue weighted by atomic mass is 16.5. The maximum absolute atomic E-state index is 12.2. The van der Waals surface area contributed by atoms with Crippen molar-refractivity contribution in [2.24, 2.45) is 0 Å². The summed E-state index contributed by atoms with van der Waals surface area (Å²) in [6.07, 6.45) is 0. The van der Waals surface area contributed by atoms with Gasteiger partial charge in [-0.1, -0.05) is 12.1 Å². The number of para-hydroxylation sites is 2. The molecule has 0 aliphatic carbocycles. The second kappa shape index (κ2) is 6.72. The third-order valence-corrected chi connectivity index (χ3v) is 3.93. The first-order chi connectivity index (χ1) is 12.7. The van der Waals surface area contributed by atoms with Crippen molar-refractivity contribution in [1.29, 1.82) is 0 Å². The molecule has 0 amide bonds. The average Bonchev–Trinajstić information content (AvgIpc) is 3.13. The monoisotopic (exact) mass is 345 g/mol. The van der Waals surface area contributed by atoms with Gasteiger partial charge in [-0.3, -0.25) is 0 Å². The predicted octanol–water partition coefficient (Wildman–Crippen LogP) is 4.72. The Morgan fingerprint density at radius 2 is 1.58 bits per heavy atom. The number of ether oxygens (including phenoxy) is 2. The van der Waals surface area contributed by atoms with Crippen molar-refractivity contribution in [3.8, 4) is 23.0 Å². The summed E-state index contributed by atoms with van der Waals surface area (Å²) in [5, 5.41) is 0. The number of oxazole rings is 1. The minimum Gasteiger partial charge on any atom is -0.497 e. The molecule has 3 aromatic carbocycles. The van der Waals surface area contributed by atoms with Crippen LogP contribution < -0.4 is 9.47 Å². The third-order valence-electron chi connectivity index (χ3n) is 3.93. The first-order valence-electron chi connectivity index (χ1n) is 8.05. The van der Waals surface area contributed by atoms with Crippen LogP contribution in [0.1, 0.15) is 10.4 Å². The number of methoxy groups -OCH3 is 1. The van der Waals surface area contributed by atoms with E-state index in [1.54, 1.807) is 55.6 Å². The standard InChI is InChI=1S/C21H15NO4/c1-24-16-10-8-15(9-11-16)21(23)25-17-12-6-14(7-13-17)20-22-18-4-2-3-5-19(18)26-20/h2-13H,1H3. The molecular weight excluding hydrogens is 330 g/mol. The molecule has 5 heteroatoms. The molecule has 4 aromatic rings. The van der Waals surface area contributed by atoms with Gasteiger partial charge >= 0.3 is 5.97 Å². The van der Waals surface area contributed by atoms with Gasteiger partial charge in [0.1, 0.15) is 17.0 Å². The van der Waals surface area contributed by atoms with Crippen LogP contribution in [0.25, 0.3) is 22.6 Å². The second-order valence-corrected chi connectivity index (χ2v) is 5.63. The summed E-state index contributed by atoms with van der Waals surface area (Å²) in [6.45, 7) is 0. The van der Waals surface area contributed by atoms with Crippen molar-refractivity contribution in [3.05, 3.63) is 78.4 Å². The van der Waals surface area contributed by atoms with Gasteiger partial charge in [-0.05, 0) is 60.7 Å². The molecule has 1 heterocycles. The number of rotatable bonds is 4. The van der Waals surface area contributed by atoms with E-state index in [9.17, 15) is 4.79 Å². The quantitative estimate of drug-likeness (QED) is 0.395. The Labute approximate surface area is 149 Å². The number of benzene rings is 3. The van der Waals surface area contributed by atoms with E-state index in [2.05, 4.69) is 4.98 Å². The number of fused-ring (bicyclic) bond motifs is 1. The Hall–Kier alpha value is -3.60. The Morgan fingerprint density at radius 3 is 2.27 bits per heavy atom. The van der Waals surface area contributed by atoms with Crippen LogP contribution in [-0.2, 0) is 0 Å². The molecule has 4 rings (SSSR count). The first kappa shape index (κ1) is 15.9. The second-order valence-electron chi connectivity index (χ2n) is 5.63.